The van der Waals surface area contributed by atoms with Gasteiger partial charge in [0, 0.05) is 25.7 Å². The number of carbonyl (C=O) groups excluding carboxylic acids is 4. The molecule has 0 fully saturated rings. The van der Waals surface area contributed by atoms with Gasteiger partial charge in [-0.3, -0.25) is 37.3 Å². The number of hydrogen-bond acceptors (Lipinski definition) is 15. The smallest absolute Gasteiger partial charge is 0.462 e. The van der Waals surface area contributed by atoms with Crippen molar-refractivity contribution in [1.29, 1.82) is 0 Å². The molecule has 0 rings (SSSR count). The highest BCUT2D eigenvalue weighted by Gasteiger charge is 2.30. The molecule has 0 amide bonds. The van der Waals surface area contributed by atoms with Crippen molar-refractivity contribution in [2.45, 2.75) is 432 Å². The largest absolute Gasteiger partial charge is 0.472 e. The Kier molecular flexibility index (Phi) is 69.6. The quantitative estimate of drug-likeness (QED) is 0.0222. The van der Waals surface area contributed by atoms with Crippen LogP contribution in [0.15, 0.2) is 0 Å². The molecular weight excluding hydrogens is 1270 g/mol. The van der Waals surface area contributed by atoms with Crippen molar-refractivity contribution in [2.24, 2.45) is 5.92 Å². The van der Waals surface area contributed by atoms with E-state index in [0.29, 0.717) is 25.7 Å². The van der Waals surface area contributed by atoms with Gasteiger partial charge in [0.2, 0.25) is 0 Å². The fourth-order valence-electron chi connectivity index (χ4n) is 12.1. The summed E-state index contributed by atoms with van der Waals surface area (Å²) in [7, 11) is -9.91. The fourth-order valence-corrected chi connectivity index (χ4v) is 13.6. The molecule has 576 valence electrons. The number of rotatable bonds is 78. The summed E-state index contributed by atoms with van der Waals surface area (Å²) in [6, 6.07) is 0. The minimum atomic E-state index is -4.96. The van der Waals surface area contributed by atoms with Crippen LogP contribution >= 0.6 is 15.6 Å². The lowest BCUT2D eigenvalue weighted by Gasteiger charge is -2.21. The molecule has 0 spiro atoms. The van der Waals surface area contributed by atoms with E-state index in [4.69, 9.17) is 37.0 Å². The second-order valence-electron chi connectivity index (χ2n) is 28.6. The van der Waals surface area contributed by atoms with E-state index in [-0.39, 0.29) is 25.7 Å². The maximum Gasteiger partial charge on any atom is 0.472 e. The third-order valence-corrected chi connectivity index (χ3v) is 20.2. The van der Waals surface area contributed by atoms with Crippen molar-refractivity contribution in [3.05, 3.63) is 0 Å². The molecule has 0 saturated heterocycles. The first-order chi connectivity index (χ1) is 47.0. The van der Waals surface area contributed by atoms with Crippen molar-refractivity contribution in [1.82, 2.24) is 0 Å². The molecule has 17 nitrogen and oxygen atoms in total. The Morgan fingerprint density at radius 3 is 0.701 bits per heavy atom. The molecule has 0 heterocycles. The van der Waals surface area contributed by atoms with E-state index in [1.54, 1.807) is 0 Å². The molecule has 3 N–H and O–H groups in total. The summed E-state index contributed by atoms with van der Waals surface area (Å²) in [5, 5.41) is 10.6. The average molecular weight is 1420 g/mol. The van der Waals surface area contributed by atoms with Gasteiger partial charge in [-0.15, -0.1) is 0 Å². The molecule has 0 radical (unpaired) electrons. The van der Waals surface area contributed by atoms with Gasteiger partial charge in [-0.1, -0.05) is 362 Å². The number of carbonyl (C=O) groups is 4. The van der Waals surface area contributed by atoms with Crippen molar-refractivity contribution < 1.29 is 80.2 Å². The van der Waals surface area contributed by atoms with E-state index in [2.05, 4.69) is 34.6 Å². The molecule has 97 heavy (non-hydrogen) atoms. The zero-order valence-corrected chi connectivity index (χ0v) is 65.0. The second kappa shape index (κ2) is 71.1. The summed E-state index contributed by atoms with van der Waals surface area (Å²) >= 11 is 0. The maximum absolute atomic E-state index is 13.1. The van der Waals surface area contributed by atoms with Crippen LogP contribution in [0.1, 0.15) is 413 Å². The van der Waals surface area contributed by atoms with Crippen LogP contribution in [0.2, 0.25) is 0 Å². The lowest BCUT2D eigenvalue weighted by molar-refractivity contribution is -0.161. The molecule has 2 unspecified atom stereocenters. The summed E-state index contributed by atoms with van der Waals surface area (Å²) in [5.74, 6) is -1.33. The van der Waals surface area contributed by atoms with Crippen LogP contribution in [-0.4, -0.2) is 96.7 Å². The average Bonchev–Trinajstić information content (AvgIpc) is 1.14. The topological polar surface area (TPSA) is 237 Å². The zero-order valence-electron chi connectivity index (χ0n) is 63.2. The Labute approximate surface area is 594 Å². The minimum Gasteiger partial charge on any atom is -0.462 e. The van der Waals surface area contributed by atoms with Crippen molar-refractivity contribution in [2.75, 3.05) is 39.6 Å². The molecule has 19 heteroatoms. The van der Waals surface area contributed by atoms with Gasteiger partial charge in [-0.2, -0.15) is 0 Å². The number of ether oxygens (including phenoxy) is 4. The van der Waals surface area contributed by atoms with Crippen LogP contribution in [-0.2, 0) is 65.4 Å². The number of esters is 4. The molecule has 0 aromatic rings. The fraction of sp³-hybridized carbons (Fsp3) is 0.949. The van der Waals surface area contributed by atoms with Crippen molar-refractivity contribution in [3.8, 4) is 0 Å². The SMILES string of the molecule is CCCCCCCCCCCCCCCCCCCCCCC(=O)O[C@H](COC(=O)CCCCCCCCCCCCCCC(C)C)COP(=O)(O)OC[C@@H](O)COP(=O)(O)OC[C@@H](COC(=O)CCCCCCCCCC)OC(=O)CCCCCCCCCCCCCCCC. The van der Waals surface area contributed by atoms with Gasteiger partial charge in [0.25, 0.3) is 0 Å². The Morgan fingerprint density at radius 1 is 0.278 bits per heavy atom. The number of hydrogen-bond donors (Lipinski definition) is 3. The molecule has 0 bridgehead atoms. The highest BCUT2D eigenvalue weighted by Crippen LogP contribution is 2.45. The highest BCUT2D eigenvalue weighted by atomic mass is 31.2. The summed E-state index contributed by atoms with van der Waals surface area (Å²) in [6.45, 7) is 7.30. The van der Waals surface area contributed by atoms with E-state index in [9.17, 15) is 43.2 Å². The molecule has 0 aromatic heterocycles. The number of aliphatic hydroxyl groups excluding tert-OH is 1. The van der Waals surface area contributed by atoms with Crippen LogP contribution in [0.25, 0.3) is 0 Å². The minimum absolute atomic E-state index is 0.108. The van der Waals surface area contributed by atoms with Crippen molar-refractivity contribution in [3.63, 3.8) is 0 Å². The molecule has 0 aliphatic heterocycles. The molecular formula is C78H152O17P2. The Morgan fingerprint density at radius 2 is 0.474 bits per heavy atom. The lowest BCUT2D eigenvalue weighted by Crippen LogP contribution is -2.30. The number of phosphoric acid groups is 2. The standard InChI is InChI=1S/C78H152O17P2/c1-6-9-12-15-18-21-23-25-27-28-29-30-31-32-34-40-44-49-54-59-64-78(83)95-74(68-89-76(81)62-57-52-47-42-38-36-35-37-41-45-50-55-60-71(4)5)70-93-97(86,87)91-66-72(79)65-90-96(84,85)92-69-73(67-88-75(80)61-56-51-46-20-17-14-11-8-3)94-77(82)63-58-53-48-43-39-33-26-24-22-19-16-13-10-7-2/h71-74,79H,6-70H2,1-5H3,(H,84,85)(H,86,87)/t72-,73+,74+/m0/s1. The van der Waals surface area contributed by atoms with E-state index >= 15 is 0 Å². The van der Waals surface area contributed by atoms with E-state index in [1.165, 1.54) is 231 Å². The Balaban J connectivity index is 5.19. The summed E-state index contributed by atoms with van der Waals surface area (Å²) in [5.41, 5.74) is 0. The molecule has 0 saturated carbocycles. The molecule has 5 atom stereocenters. The van der Waals surface area contributed by atoms with Gasteiger partial charge in [0.1, 0.15) is 19.3 Å². The normalized spacial score (nSPS) is 13.9. The van der Waals surface area contributed by atoms with E-state index in [1.807, 2.05) is 0 Å². The van der Waals surface area contributed by atoms with E-state index in [0.717, 1.165) is 102 Å². The van der Waals surface area contributed by atoms with Crippen LogP contribution in [0.3, 0.4) is 0 Å². The molecule has 0 aromatic carbocycles. The van der Waals surface area contributed by atoms with Gasteiger partial charge >= 0.3 is 39.5 Å². The Bertz CT molecular complexity index is 1860. The number of unbranched alkanes of at least 4 members (excludes halogenated alkanes) is 50. The lowest BCUT2D eigenvalue weighted by atomic mass is 10.0. The van der Waals surface area contributed by atoms with Crippen LogP contribution in [0, 0.1) is 5.92 Å². The first-order valence-corrected chi connectivity index (χ1v) is 43.6. The summed E-state index contributed by atoms with van der Waals surface area (Å²) < 4.78 is 68.5. The Hall–Kier alpha value is -1.94. The monoisotopic (exact) mass is 1420 g/mol. The van der Waals surface area contributed by atoms with E-state index < -0.39 is 97.5 Å². The van der Waals surface area contributed by atoms with Crippen LogP contribution in [0.5, 0.6) is 0 Å². The maximum atomic E-state index is 13.1. The van der Waals surface area contributed by atoms with Gasteiger partial charge < -0.3 is 33.8 Å². The van der Waals surface area contributed by atoms with Crippen LogP contribution in [0.4, 0.5) is 0 Å². The second-order valence-corrected chi connectivity index (χ2v) is 31.5. The van der Waals surface area contributed by atoms with Gasteiger partial charge in [0.15, 0.2) is 12.2 Å². The number of aliphatic hydroxyl groups is 1. The third-order valence-electron chi connectivity index (χ3n) is 18.3. The van der Waals surface area contributed by atoms with Crippen molar-refractivity contribution >= 4 is 39.5 Å². The van der Waals surface area contributed by atoms with Gasteiger partial charge in [0.05, 0.1) is 26.4 Å². The summed E-state index contributed by atoms with van der Waals surface area (Å²) in [4.78, 5) is 72.8. The number of phosphoric ester groups is 2. The highest BCUT2D eigenvalue weighted by molar-refractivity contribution is 7.47. The van der Waals surface area contributed by atoms with Gasteiger partial charge in [-0.25, -0.2) is 9.13 Å². The summed E-state index contributed by atoms with van der Waals surface area (Å²) in [6.07, 6.45) is 61.1. The molecule has 0 aliphatic rings. The zero-order chi connectivity index (χ0) is 71.2. The predicted octanol–water partition coefficient (Wildman–Crippen LogP) is 23.3. The molecule has 0 aliphatic carbocycles. The third kappa shape index (κ3) is 72.2. The predicted molar refractivity (Wildman–Crippen MR) is 395 cm³/mol. The first-order valence-electron chi connectivity index (χ1n) is 40.6. The first kappa shape index (κ1) is 95.1. The van der Waals surface area contributed by atoms with Crippen LogP contribution < -0.4 is 0 Å². The van der Waals surface area contributed by atoms with Gasteiger partial charge in [-0.05, 0) is 31.6 Å².